The average Bonchev–Trinajstić information content (AvgIpc) is 2.82. The van der Waals surface area contributed by atoms with Gasteiger partial charge in [-0.05, 0) is 35.6 Å². The lowest BCUT2D eigenvalue weighted by Gasteiger charge is -2.14. The van der Waals surface area contributed by atoms with Crippen molar-refractivity contribution in [2.24, 2.45) is 5.84 Å². The summed E-state index contributed by atoms with van der Waals surface area (Å²) in [7, 11) is 0. The molecule has 0 radical (unpaired) electrons. The Balaban J connectivity index is 2.10. The standard InChI is InChI=1S/C12H13FN2S/c13-10-5-3-9(4-6-10)8-11(15-14)12-2-1-7-16-12/h1-7,11,15H,8,14H2. The predicted molar refractivity (Wildman–Crippen MR) is 64.5 cm³/mol. The fraction of sp³-hybridized carbons (Fsp3) is 0.167. The molecule has 1 aromatic heterocycles. The van der Waals surface area contributed by atoms with E-state index >= 15 is 0 Å². The van der Waals surface area contributed by atoms with Crippen molar-refractivity contribution in [2.45, 2.75) is 12.5 Å². The molecule has 0 aliphatic heterocycles. The van der Waals surface area contributed by atoms with Crippen molar-refractivity contribution in [3.63, 3.8) is 0 Å². The van der Waals surface area contributed by atoms with Gasteiger partial charge in [-0.1, -0.05) is 18.2 Å². The molecular weight excluding hydrogens is 223 g/mol. The lowest BCUT2D eigenvalue weighted by atomic mass is 10.1. The minimum Gasteiger partial charge on any atom is -0.271 e. The second-order valence-electron chi connectivity index (χ2n) is 3.57. The van der Waals surface area contributed by atoms with Crippen molar-refractivity contribution in [1.29, 1.82) is 0 Å². The average molecular weight is 236 g/mol. The van der Waals surface area contributed by atoms with Crippen LogP contribution in [-0.4, -0.2) is 0 Å². The van der Waals surface area contributed by atoms with Gasteiger partial charge >= 0.3 is 0 Å². The summed E-state index contributed by atoms with van der Waals surface area (Å²) in [6, 6.07) is 10.6. The van der Waals surface area contributed by atoms with Gasteiger partial charge in [0.15, 0.2) is 0 Å². The summed E-state index contributed by atoms with van der Waals surface area (Å²) in [6.45, 7) is 0. The molecule has 2 aromatic rings. The summed E-state index contributed by atoms with van der Waals surface area (Å²) < 4.78 is 12.7. The van der Waals surface area contributed by atoms with Crippen LogP contribution < -0.4 is 11.3 Å². The SMILES string of the molecule is NNC(Cc1ccc(F)cc1)c1cccs1. The van der Waals surface area contributed by atoms with Gasteiger partial charge in [0.25, 0.3) is 0 Å². The summed E-state index contributed by atoms with van der Waals surface area (Å²) in [5, 5.41) is 2.02. The fourth-order valence-electron chi connectivity index (χ4n) is 1.59. The van der Waals surface area contributed by atoms with Gasteiger partial charge in [-0.15, -0.1) is 11.3 Å². The van der Waals surface area contributed by atoms with E-state index in [0.717, 1.165) is 12.0 Å². The van der Waals surface area contributed by atoms with E-state index in [1.165, 1.54) is 17.0 Å². The van der Waals surface area contributed by atoms with Crippen molar-refractivity contribution in [3.8, 4) is 0 Å². The summed E-state index contributed by atoms with van der Waals surface area (Å²) in [5.74, 6) is 5.31. The number of hydrogen-bond acceptors (Lipinski definition) is 3. The zero-order valence-corrected chi connectivity index (χ0v) is 9.51. The minimum absolute atomic E-state index is 0.0884. The normalized spacial score (nSPS) is 12.6. The van der Waals surface area contributed by atoms with Gasteiger partial charge in [0.1, 0.15) is 5.82 Å². The van der Waals surface area contributed by atoms with Gasteiger partial charge in [-0.25, -0.2) is 4.39 Å². The molecule has 0 bridgehead atoms. The summed E-state index contributed by atoms with van der Waals surface area (Å²) in [4.78, 5) is 1.19. The second-order valence-corrected chi connectivity index (χ2v) is 4.54. The Hall–Kier alpha value is -1.23. The van der Waals surface area contributed by atoms with Crippen LogP contribution in [0.25, 0.3) is 0 Å². The molecule has 0 saturated heterocycles. The number of hydrazine groups is 1. The van der Waals surface area contributed by atoms with Gasteiger partial charge in [0.05, 0.1) is 6.04 Å². The maximum atomic E-state index is 12.7. The van der Waals surface area contributed by atoms with Gasteiger partial charge in [-0.2, -0.15) is 0 Å². The topological polar surface area (TPSA) is 38.0 Å². The van der Waals surface area contributed by atoms with E-state index in [9.17, 15) is 4.39 Å². The van der Waals surface area contributed by atoms with E-state index in [2.05, 4.69) is 5.43 Å². The lowest BCUT2D eigenvalue weighted by molar-refractivity contribution is 0.559. The third kappa shape index (κ3) is 2.66. The summed E-state index contributed by atoms with van der Waals surface area (Å²) >= 11 is 1.66. The first-order valence-corrected chi connectivity index (χ1v) is 5.91. The van der Waals surface area contributed by atoms with Crippen LogP contribution in [0.3, 0.4) is 0 Å². The van der Waals surface area contributed by atoms with Gasteiger partial charge < -0.3 is 0 Å². The maximum Gasteiger partial charge on any atom is 0.123 e. The number of thiophene rings is 1. The first kappa shape index (κ1) is 11.3. The molecule has 1 unspecified atom stereocenters. The van der Waals surface area contributed by atoms with Crippen molar-refractivity contribution >= 4 is 11.3 Å². The van der Waals surface area contributed by atoms with Gasteiger partial charge in [-0.3, -0.25) is 11.3 Å². The number of halogens is 1. The third-order valence-corrected chi connectivity index (χ3v) is 3.43. The van der Waals surface area contributed by atoms with Crippen molar-refractivity contribution in [1.82, 2.24) is 5.43 Å². The Morgan fingerprint density at radius 1 is 1.25 bits per heavy atom. The number of nitrogens with two attached hydrogens (primary N) is 1. The van der Waals surface area contributed by atoms with Crippen molar-refractivity contribution in [2.75, 3.05) is 0 Å². The smallest absolute Gasteiger partial charge is 0.123 e. The van der Waals surface area contributed by atoms with Crippen molar-refractivity contribution in [3.05, 3.63) is 58.0 Å². The molecule has 0 amide bonds. The predicted octanol–water partition coefficient (Wildman–Crippen LogP) is 2.63. The molecule has 0 spiro atoms. The highest BCUT2D eigenvalue weighted by Gasteiger charge is 2.11. The quantitative estimate of drug-likeness (QED) is 0.632. The zero-order valence-electron chi connectivity index (χ0n) is 8.69. The van der Waals surface area contributed by atoms with Crippen LogP contribution in [0.4, 0.5) is 4.39 Å². The fourth-order valence-corrected chi connectivity index (χ4v) is 2.37. The lowest BCUT2D eigenvalue weighted by Crippen LogP contribution is -2.28. The Morgan fingerprint density at radius 2 is 2.00 bits per heavy atom. The van der Waals surface area contributed by atoms with Crippen LogP contribution >= 0.6 is 11.3 Å². The van der Waals surface area contributed by atoms with E-state index in [4.69, 9.17) is 5.84 Å². The molecule has 0 aliphatic rings. The highest BCUT2D eigenvalue weighted by molar-refractivity contribution is 7.10. The molecule has 2 nitrogen and oxygen atoms in total. The van der Waals surface area contributed by atoms with E-state index < -0.39 is 0 Å². The number of rotatable bonds is 4. The Morgan fingerprint density at radius 3 is 2.56 bits per heavy atom. The maximum absolute atomic E-state index is 12.7. The molecule has 0 saturated carbocycles. The molecular formula is C12H13FN2S. The molecule has 84 valence electrons. The van der Waals surface area contributed by atoms with Crippen LogP contribution in [0.5, 0.6) is 0 Å². The molecule has 0 fully saturated rings. The van der Waals surface area contributed by atoms with Crippen LogP contribution in [0, 0.1) is 5.82 Å². The third-order valence-electron chi connectivity index (χ3n) is 2.44. The van der Waals surface area contributed by atoms with E-state index in [-0.39, 0.29) is 11.9 Å². The highest BCUT2D eigenvalue weighted by atomic mass is 32.1. The largest absolute Gasteiger partial charge is 0.271 e. The molecule has 0 aliphatic carbocycles. The molecule has 1 atom stereocenters. The molecule has 1 aromatic carbocycles. The van der Waals surface area contributed by atoms with Gasteiger partial charge in [0.2, 0.25) is 0 Å². The summed E-state index contributed by atoms with van der Waals surface area (Å²) in [6.07, 6.45) is 0.761. The van der Waals surface area contributed by atoms with E-state index in [1.54, 1.807) is 23.5 Å². The molecule has 3 N–H and O–H groups in total. The second kappa shape index (κ2) is 5.21. The Bertz CT molecular complexity index is 425. The minimum atomic E-state index is -0.211. The Labute approximate surface area is 97.9 Å². The highest BCUT2D eigenvalue weighted by Crippen LogP contribution is 2.22. The van der Waals surface area contributed by atoms with Crippen LogP contribution in [0.1, 0.15) is 16.5 Å². The molecule has 1 heterocycles. The van der Waals surface area contributed by atoms with Crippen LogP contribution in [0.2, 0.25) is 0 Å². The molecule has 2 rings (SSSR count). The van der Waals surface area contributed by atoms with Crippen LogP contribution in [-0.2, 0) is 6.42 Å². The Kier molecular flexibility index (Phi) is 3.66. The molecule has 4 heteroatoms. The first-order valence-electron chi connectivity index (χ1n) is 5.03. The van der Waals surface area contributed by atoms with Gasteiger partial charge in [0, 0.05) is 4.88 Å². The van der Waals surface area contributed by atoms with E-state index in [0.29, 0.717) is 0 Å². The number of benzene rings is 1. The monoisotopic (exact) mass is 236 g/mol. The molecule has 16 heavy (non-hydrogen) atoms. The number of hydrogen-bond donors (Lipinski definition) is 2. The summed E-state index contributed by atoms with van der Waals surface area (Å²) in [5.41, 5.74) is 3.85. The van der Waals surface area contributed by atoms with Crippen molar-refractivity contribution < 1.29 is 4.39 Å². The first-order chi connectivity index (χ1) is 7.79. The van der Waals surface area contributed by atoms with Crippen LogP contribution in [0.15, 0.2) is 41.8 Å². The number of nitrogens with one attached hydrogen (secondary N) is 1. The van der Waals surface area contributed by atoms with E-state index in [1.807, 2.05) is 17.5 Å². The zero-order chi connectivity index (χ0) is 11.4.